The molecule has 0 bridgehead atoms. The van der Waals surface area contributed by atoms with E-state index in [-0.39, 0.29) is 0 Å². The van der Waals surface area contributed by atoms with Crippen LogP contribution in [0.1, 0.15) is 19.3 Å². The van der Waals surface area contributed by atoms with Crippen LogP contribution in [0.25, 0.3) is 0 Å². The van der Waals surface area contributed by atoms with Crippen molar-refractivity contribution in [2.24, 2.45) is 5.41 Å². The molecule has 12 heavy (non-hydrogen) atoms. The van der Waals surface area contributed by atoms with Gasteiger partial charge in [0.25, 0.3) is 0 Å². The Kier molecular flexibility index (Phi) is 3.00. The van der Waals surface area contributed by atoms with Crippen LogP contribution < -0.4 is 5.32 Å². The van der Waals surface area contributed by atoms with Crippen molar-refractivity contribution in [3.63, 3.8) is 0 Å². The SMILES string of the molecule is CNCC1(C[Si](C)(C)C)CCC1. The van der Waals surface area contributed by atoms with Gasteiger partial charge >= 0.3 is 0 Å². The Bertz CT molecular complexity index is 144. The van der Waals surface area contributed by atoms with Crippen LogP contribution in [-0.2, 0) is 0 Å². The summed E-state index contributed by atoms with van der Waals surface area (Å²) in [5, 5.41) is 3.36. The molecule has 72 valence electrons. The van der Waals surface area contributed by atoms with Crippen molar-refractivity contribution in [3.05, 3.63) is 0 Å². The third-order valence-electron chi connectivity index (χ3n) is 2.87. The van der Waals surface area contributed by atoms with E-state index in [0.717, 1.165) is 0 Å². The molecule has 0 unspecified atom stereocenters. The van der Waals surface area contributed by atoms with E-state index >= 15 is 0 Å². The fourth-order valence-corrected chi connectivity index (χ4v) is 5.32. The number of rotatable bonds is 4. The third kappa shape index (κ3) is 2.59. The molecule has 1 N–H and O–H groups in total. The molecule has 0 aromatic rings. The predicted molar refractivity (Wildman–Crippen MR) is 58.4 cm³/mol. The molecule has 0 aliphatic heterocycles. The first-order valence-corrected chi connectivity index (χ1v) is 8.83. The maximum atomic E-state index is 3.36. The summed E-state index contributed by atoms with van der Waals surface area (Å²) in [5.74, 6) is 0. The quantitative estimate of drug-likeness (QED) is 0.664. The average molecular weight is 185 g/mol. The summed E-state index contributed by atoms with van der Waals surface area (Å²) in [5.41, 5.74) is 0.708. The molecule has 2 heteroatoms. The summed E-state index contributed by atoms with van der Waals surface area (Å²) in [6, 6.07) is 1.51. The molecule has 0 saturated heterocycles. The highest BCUT2D eigenvalue weighted by Gasteiger charge is 2.39. The van der Waals surface area contributed by atoms with Gasteiger partial charge in [-0.05, 0) is 25.3 Å². The van der Waals surface area contributed by atoms with Crippen LogP contribution in [-0.4, -0.2) is 21.7 Å². The Morgan fingerprint density at radius 2 is 1.83 bits per heavy atom. The van der Waals surface area contributed by atoms with E-state index in [1.54, 1.807) is 0 Å². The second kappa shape index (κ2) is 3.50. The second-order valence-electron chi connectivity index (χ2n) is 5.62. The molecule has 0 radical (unpaired) electrons. The van der Waals surface area contributed by atoms with E-state index in [2.05, 4.69) is 32.0 Å². The Balaban J connectivity index is 2.45. The predicted octanol–water partition coefficient (Wildman–Crippen LogP) is 2.71. The Hall–Kier alpha value is 0.177. The standard InChI is InChI=1S/C10H23NSi/c1-11-8-10(6-5-7-10)9-12(2,3)4/h11H,5-9H2,1-4H3. The maximum Gasteiger partial charge on any atom is 0.0448 e. The first kappa shape index (κ1) is 10.3. The van der Waals surface area contributed by atoms with E-state index in [1.165, 1.54) is 31.9 Å². The summed E-state index contributed by atoms with van der Waals surface area (Å²) in [6.45, 7) is 8.71. The van der Waals surface area contributed by atoms with Crippen LogP contribution in [0.2, 0.25) is 25.7 Å². The lowest BCUT2D eigenvalue weighted by Gasteiger charge is -2.45. The molecule has 0 atom stereocenters. The van der Waals surface area contributed by atoms with Gasteiger partial charge in [-0.25, -0.2) is 0 Å². The molecule has 0 aromatic carbocycles. The minimum absolute atomic E-state index is 0.708. The molecule has 0 heterocycles. The van der Waals surface area contributed by atoms with E-state index in [9.17, 15) is 0 Å². The molecule has 1 rings (SSSR count). The molecule has 1 saturated carbocycles. The number of hydrogen-bond acceptors (Lipinski definition) is 1. The lowest BCUT2D eigenvalue weighted by Crippen LogP contribution is -2.43. The third-order valence-corrected chi connectivity index (χ3v) is 4.68. The van der Waals surface area contributed by atoms with Crippen LogP contribution in [0, 0.1) is 5.41 Å². The van der Waals surface area contributed by atoms with Crippen molar-refractivity contribution in [1.29, 1.82) is 0 Å². The van der Waals surface area contributed by atoms with Gasteiger partial charge in [-0.2, -0.15) is 0 Å². The smallest absolute Gasteiger partial charge is 0.0448 e. The molecule has 1 aliphatic carbocycles. The van der Waals surface area contributed by atoms with E-state index in [0.29, 0.717) is 5.41 Å². The van der Waals surface area contributed by atoms with Gasteiger partial charge in [0.05, 0.1) is 0 Å². The van der Waals surface area contributed by atoms with E-state index in [1.807, 2.05) is 0 Å². The van der Waals surface area contributed by atoms with E-state index in [4.69, 9.17) is 0 Å². The Labute approximate surface area is 77.9 Å². The highest BCUT2D eigenvalue weighted by Crippen LogP contribution is 2.46. The van der Waals surface area contributed by atoms with Crippen molar-refractivity contribution in [2.45, 2.75) is 44.9 Å². The summed E-state index contributed by atoms with van der Waals surface area (Å²) in [6.07, 6.45) is 4.41. The summed E-state index contributed by atoms with van der Waals surface area (Å²) in [4.78, 5) is 0. The normalized spacial score (nSPS) is 22.0. The van der Waals surface area contributed by atoms with Gasteiger partial charge in [0.15, 0.2) is 0 Å². The van der Waals surface area contributed by atoms with Crippen LogP contribution in [0.4, 0.5) is 0 Å². The minimum Gasteiger partial charge on any atom is -0.319 e. The van der Waals surface area contributed by atoms with Crippen molar-refractivity contribution in [1.82, 2.24) is 5.32 Å². The molecular formula is C10H23NSi. The monoisotopic (exact) mass is 185 g/mol. The van der Waals surface area contributed by atoms with Gasteiger partial charge in [-0.1, -0.05) is 32.1 Å². The zero-order valence-corrected chi connectivity index (χ0v) is 10.0. The first-order valence-electron chi connectivity index (χ1n) is 5.12. The van der Waals surface area contributed by atoms with Gasteiger partial charge < -0.3 is 5.32 Å². The highest BCUT2D eigenvalue weighted by atomic mass is 28.3. The van der Waals surface area contributed by atoms with Gasteiger partial charge in [-0.15, -0.1) is 0 Å². The topological polar surface area (TPSA) is 12.0 Å². The molecule has 0 spiro atoms. The lowest BCUT2D eigenvalue weighted by molar-refractivity contribution is 0.158. The molecule has 0 aromatic heterocycles. The van der Waals surface area contributed by atoms with Crippen molar-refractivity contribution in [2.75, 3.05) is 13.6 Å². The summed E-state index contributed by atoms with van der Waals surface area (Å²) in [7, 11) is 1.25. The molecule has 0 amide bonds. The van der Waals surface area contributed by atoms with E-state index < -0.39 is 8.07 Å². The molecular weight excluding hydrogens is 162 g/mol. The fourth-order valence-electron chi connectivity index (χ4n) is 2.59. The van der Waals surface area contributed by atoms with Crippen LogP contribution in [0.5, 0.6) is 0 Å². The van der Waals surface area contributed by atoms with Crippen molar-refractivity contribution < 1.29 is 0 Å². The Morgan fingerprint density at radius 3 is 2.08 bits per heavy atom. The summed E-state index contributed by atoms with van der Waals surface area (Å²) >= 11 is 0. The first-order chi connectivity index (χ1) is 5.47. The fraction of sp³-hybridized carbons (Fsp3) is 1.00. The second-order valence-corrected chi connectivity index (χ2v) is 11.1. The number of hydrogen-bond donors (Lipinski definition) is 1. The Morgan fingerprint density at radius 1 is 1.25 bits per heavy atom. The molecule has 1 fully saturated rings. The van der Waals surface area contributed by atoms with Crippen molar-refractivity contribution in [3.8, 4) is 0 Å². The highest BCUT2D eigenvalue weighted by molar-refractivity contribution is 6.76. The van der Waals surface area contributed by atoms with Crippen molar-refractivity contribution >= 4 is 8.07 Å². The molecule has 1 nitrogen and oxygen atoms in total. The van der Waals surface area contributed by atoms with Gasteiger partial charge in [0.2, 0.25) is 0 Å². The summed E-state index contributed by atoms with van der Waals surface area (Å²) < 4.78 is 0. The molecule has 1 aliphatic rings. The maximum absolute atomic E-state index is 3.36. The van der Waals surface area contributed by atoms with Gasteiger partial charge in [-0.3, -0.25) is 0 Å². The number of nitrogens with one attached hydrogen (secondary N) is 1. The minimum atomic E-state index is -0.840. The largest absolute Gasteiger partial charge is 0.319 e. The van der Waals surface area contributed by atoms with Crippen LogP contribution in [0.3, 0.4) is 0 Å². The van der Waals surface area contributed by atoms with Crippen LogP contribution >= 0.6 is 0 Å². The van der Waals surface area contributed by atoms with Gasteiger partial charge in [0, 0.05) is 14.6 Å². The van der Waals surface area contributed by atoms with Gasteiger partial charge in [0.1, 0.15) is 0 Å². The lowest BCUT2D eigenvalue weighted by atomic mass is 9.70. The van der Waals surface area contributed by atoms with Crippen LogP contribution in [0.15, 0.2) is 0 Å². The zero-order valence-electron chi connectivity index (χ0n) is 9.04. The average Bonchev–Trinajstić information content (AvgIpc) is 1.80. The zero-order chi connectivity index (χ0) is 9.24.